The monoisotopic (exact) mass is 526 g/mol. The van der Waals surface area contributed by atoms with E-state index >= 15 is 0 Å². The number of nitrogens with zero attached hydrogens (tertiary/aromatic N) is 4. The molecule has 3 rings (SSSR count). The number of hydrogen-bond donors (Lipinski definition) is 2. The van der Waals surface area contributed by atoms with Crippen LogP contribution in [0.1, 0.15) is 36.6 Å². The van der Waals surface area contributed by atoms with Crippen molar-refractivity contribution in [3.8, 4) is 5.69 Å². The van der Waals surface area contributed by atoms with Gasteiger partial charge in [0.1, 0.15) is 11.6 Å². The lowest BCUT2D eigenvalue weighted by Crippen LogP contribution is -2.38. The number of hydrogen-bond acceptors (Lipinski definition) is 4. The second kappa shape index (κ2) is 11.7. The Balaban J connectivity index is 0.00000320. The summed E-state index contributed by atoms with van der Waals surface area (Å²) in [6.07, 6.45) is 4.26. The number of nitrogens with one attached hydrogen (secondary N) is 2. The molecule has 0 aliphatic rings. The molecule has 162 valence electrons. The van der Waals surface area contributed by atoms with Crippen LogP contribution in [0.15, 0.2) is 46.0 Å². The molecule has 30 heavy (non-hydrogen) atoms. The van der Waals surface area contributed by atoms with Crippen molar-refractivity contribution in [3.63, 3.8) is 0 Å². The maximum Gasteiger partial charge on any atom is 0.191 e. The van der Waals surface area contributed by atoms with Crippen LogP contribution in [0.2, 0.25) is 0 Å². The molecule has 0 radical (unpaired) electrons. The van der Waals surface area contributed by atoms with E-state index in [2.05, 4.69) is 39.7 Å². The van der Waals surface area contributed by atoms with Crippen LogP contribution in [0.3, 0.4) is 0 Å². The largest absolute Gasteiger partial charge is 0.361 e. The molecule has 7 nitrogen and oxygen atoms in total. The van der Waals surface area contributed by atoms with Gasteiger partial charge in [0, 0.05) is 44.7 Å². The highest BCUT2D eigenvalue weighted by molar-refractivity contribution is 14.0. The summed E-state index contributed by atoms with van der Waals surface area (Å²) in [6.45, 7) is 5.43. The predicted molar refractivity (Wildman–Crippen MR) is 126 cm³/mol. The molecule has 2 heterocycles. The van der Waals surface area contributed by atoms with Gasteiger partial charge in [-0.15, -0.1) is 24.0 Å². The van der Waals surface area contributed by atoms with E-state index in [1.54, 1.807) is 23.9 Å². The summed E-state index contributed by atoms with van der Waals surface area (Å²) in [7, 11) is 1.74. The van der Waals surface area contributed by atoms with Gasteiger partial charge in [0.05, 0.1) is 17.1 Å². The molecular formula is C21H28FIN6O. The molecule has 2 N–H and O–H groups in total. The number of guanidine groups is 1. The Morgan fingerprint density at radius 2 is 1.90 bits per heavy atom. The van der Waals surface area contributed by atoms with Gasteiger partial charge in [-0.3, -0.25) is 4.99 Å². The summed E-state index contributed by atoms with van der Waals surface area (Å²) in [5.74, 6) is 1.37. The van der Waals surface area contributed by atoms with Crippen molar-refractivity contribution >= 4 is 29.9 Å². The van der Waals surface area contributed by atoms with Crippen LogP contribution in [0, 0.1) is 5.82 Å². The van der Waals surface area contributed by atoms with Gasteiger partial charge in [-0.05, 0) is 36.8 Å². The standard InChI is InChI=1S/C21H27FN6O.HI/c1-4-19-18(20(5-2)29-27-19)14-25-21(23-3)24-12-10-16-11-13-28(26-16)17-8-6-15(22)7-9-17;/h6-9,11,13H,4-5,10,12,14H2,1-3H3,(H2,23,24,25);1H. The van der Waals surface area contributed by atoms with Crippen molar-refractivity contribution in [1.29, 1.82) is 0 Å². The molecule has 0 aliphatic heterocycles. The lowest BCUT2D eigenvalue weighted by atomic mass is 10.1. The summed E-state index contributed by atoms with van der Waals surface area (Å²) >= 11 is 0. The Bertz CT molecular complexity index is 929. The quantitative estimate of drug-likeness (QED) is 0.266. The van der Waals surface area contributed by atoms with Gasteiger partial charge in [-0.2, -0.15) is 5.10 Å². The molecule has 2 aromatic heterocycles. The van der Waals surface area contributed by atoms with Crippen molar-refractivity contribution < 1.29 is 8.91 Å². The molecule has 9 heteroatoms. The molecular weight excluding hydrogens is 498 g/mol. The first-order valence-corrected chi connectivity index (χ1v) is 9.85. The van der Waals surface area contributed by atoms with Gasteiger partial charge in [0.2, 0.25) is 0 Å². The molecule has 0 aliphatic carbocycles. The van der Waals surface area contributed by atoms with Crippen molar-refractivity contribution in [3.05, 3.63) is 65.1 Å². The van der Waals surface area contributed by atoms with E-state index in [0.717, 1.165) is 47.7 Å². The second-order valence-electron chi connectivity index (χ2n) is 6.57. The van der Waals surface area contributed by atoms with E-state index < -0.39 is 0 Å². The minimum atomic E-state index is -0.257. The molecule has 1 aromatic carbocycles. The van der Waals surface area contributed by atoms with E-state index in [1.807, 2.05) is 12.3 Å². The molecule has 0 bridgehead atoms. The first kappa shape index (κ1) is 23.8. The number of aliphatic imine (C=N–C) groups is 1. The number of aryl methyl sites for hydroxylation is 2. The average Bonchev–Trinajstić information content (AvgIpc) is 3.37. The fourth-order valence-corrected chi connectivity index (χ4v) is 3.07. The summed E-state index contributed by atoms with van der Waals surface area (Å²) < 4.78 is 20.2. The highest BCUT2D eigenvalue weighted by Gasteiger charge is 2.13. The minimum Gasteiger partial charge on any atom is -0.361 e. The van der Waals surface area contributed by atoms with E-state index in [9.17, 15) is 4.39 Å². The van der Waals surface area contributed by atoms with Crippen LogP contribution in [0.25, 0.3) is 5.69 Å². The number of aromatic nitrogens is 3. The van der Waals surface area contributed by atoms with Gasteiger partial charge in [0.15, 0.2) is 5.96 Å². The zero-order valence-electron chi connectivity index (χ0n) is 17.5. The number of rotatable bonds is 8. The average molecular weight is 526 g/mol. The molecule has 0 unspecified atom stereocenters. The van der Waals surface area contributed by atoms with Crippen LogP contribution < -0.4 is 10.6 Å². The van der Waals surface area contributed by atoms with Gasteiger partial charge < -0.3 is 15.2 Å². The fraction of sp³-hybridized carbons (Fsp3) is 0.381. The van der Waals surface area contributed by atoms with Crippen molar-refractivity contribution in [2.24, 2.45) is 4.99 Å². The SMILES string of the molecule is CCc1noc(CC)c1CNC(=NC)NCCc1ccn(-c2ccc(F)cc2)n1.I. The van der Waals surface area contributed by atoms with Crippen LogP contribution in [-0.2, 0) is 25.8 Å². The number of halogens is 2. The Morgan fingerprint density at radius 3 is 2.57 bits per heavy atom. The summed E-state index contributed by atoms with van der Waals surface area (Å²) in [4.78, 5) is 4.27. The molecule has 0 amide bonds. The van der Waals surface area contributed by atoms with Crippen molar-refractivity contribution in [1.82, 2.24) is 25.6 Å². The third-order valence-electron chi connectivity index (χ3n) is 4.67. The highest BCUT2D eigenvalue weighted by Crippen LogP contribution is 2.15. The summed E-state index contributed by atoms with van der Waals surface area (Å²) in [5.41, 5.74) is 3.86. The molecule has 0 saturated carbocycles. The molecule has 0 saturated heterocycles. The zero-order chi connectivity index (χ0) is 20.6. The van der Waals surface area contributed by atoms with E-state index in [1.165, 1.54) is 12.1 Å². The smallest absolute Gasteiger partial charge is 0.191 e. The Morgan fingerprint density at radius 1 is 1.13 bits per heavy atom. The van der Waals surface area contributed by atoms with E-state index in [4.69, 9.17) is 4.52 Å². The highest BCUT2D eigenvalue weighted by atomic mass is 127. The molecule has 0 spiro atoms. The number of benzene rings is 1. The van der Waals surface area contributed by atoms with Crippen molar-refractivity contribution in [2.45, 2.75) is 39.7 Å². The summed E-state index contributed by atoms with van der Waals surface area (Å²) in [6, 6.07) is 8.22. The summed E-state index contributed by atoms with van der Waals surface area (Å²) in [5, 5.41) is 15.3. The lowest BCUT2D eigenvalue weighted by Gasteiger charge is -2.11. The zero-order valence-corrected chi connectivity index (χ0v) is 19.8. The first-order valence-electron chi connectivity index (χ1n) is 9.85. The minimum absolute atomic E-state index is 0. The normalized spacial score (nSPS) is 11.3. The maximum atomic E-state index is 13.1. The van der Waals surface area contributed by atoms with Crippen LogP contribution in [0.5, 0.6) is 0 Å². The Kier molecular flexibility index (Phi) is 9.28. The lowest BCUT2D eigenvalue weighted by molar-refractivity contribution is 0.380. The van der Waals surface area contributed by atoms with Gasteiger partial charge >= 0.3 is 0 Å². The third kappa shape index (κ3) is 6.04. The molecule has 3 aromatic rings. The van der Waals surface area contributed by atoms with Crippen LogP contribution in [-0.4, -0.2) is 34.5 Å². The Labute approximate surface area is 193 Å². The first-order chi connectivity index (χ1) is 14.1. The molecule has 0 fully saturated rings. The van der Waals surface area contributed by atoms with E-state index in [-0.39, 0.29) is 29.8 Å². The molecule has 0 atom stereocenters. The second-order valence-corrected chi connectivity index (χ2v) is 6.57. The van der Waals surface area contributed by atoms with Crippen LogP contribution >= 0.6 is 24.0 Å². The third-order valence-corrected chi connectivity index (χ3v) is 4.67. The van der Waals surface area contributed by atoms with Crippen LogP contribution in [0.4, 0.5) is 4.39 Å². The Hall–Kier alpha value is -2.43. The van der Waals surface area contributed by atoms with Gasteiger partial charge in [-0.1, -0.05) is 19.0 Å². The van der Waals surface area contributed by atoms with Gasteiger partial charge in [-0.25, -0.2) is 9.07 Å². The van der Waals surface area contributed by atoms with E-state index in [0.29, 0.717) is 19.0 Å². The predicted octanol–water partition coefficient (Wildman–Crippen LogP) is 3.65. The maximum absolute atomic E-state index is 13.1. The van der Waals surface area contributed by atoms with Gasteiger partial charge in [0.25, 0.3) is 0 Å². The van der Waals surface area contributed by atoms with Crippen molar-refractivity contribution in [2.75, 3.05) is 13.6 Å². The fourth-order valence-electron chi connectivity index (χ4n) is 3.07. The topological polar surface area (TPSA) is 80.3 Å².